The van der Waals surface area contributed by atoms with E-state index >= 15 is 0 Å². The van der Waals surface area contributed by atoms with Crippen LogP contribution in [0.15, 0.2) is 20.0 Å². The fourth-order valence-electron chi connectivity index (χ4n) is 3.35. The molecule has 16 N–H and O–H groups in total. The zero-order valence-electron chi connectivity index (χ0n) is 22.2. The number of hydrogen-bond acceptors (Lipinski definition) is 6. The first-order valence-corrected chi connectivity index (χ1v) is 11.9. The molecule has 0 atom stereocenters. The Bertz CT molecular complexity index is 531. The molecule has 38 heavy (non-hydrogen) atoms. The lowest BCUT2D eigenvalue weighted by atomic mass is 10.2. The Morgan fingerprint density at radius 2 is 0.526 bits per heavy atom. The Morgan fingerprint density at radius 3 is 0.711 bits per heavy atom. The maximum atomic E-state index is 5.41. The molecule has 0 amide bonds. The molecular formula is C20H52Cl4N14. The number of halogens is 4. The van der Waals surface area contributed by atoms with Crippen LogP contribution in [0.25, 0.3) is 0 Å². The number of nitrogens with two attached hydrogens (primary N) is 8. The summed E-state index contributed by atoms with van der Waals surface area (Å²) >= 11 is 0. The first-order chi connectivity index (χ1) is 16.2. The van der Waals surface area contributed by atoms with Crippen molar-refractivity contribution in [3.05, 3.63) is 0 Å². The Kier molecular flexibility index (Phi) is 38.0. The molecule has 0 aliphatic carbocycles. The zero-order chi connectivity index (χ0) is 25.6. The van der Waals surface area contributed by atoms with Crippen molar-refractivity contribution in [3.63, 3.8) is 0 Å². The predicted octanol–water partition coefficient (Wildman–Crippen LogP) is -1.29. The summed E-state index contributed by atoms with van der Waals surface area (Å²) in [6.07, 6.45) is 5.71. The molecule has 0 heterocycles. The average molecular weight is 631 g/mol. The molecule has 0 saturated carbocycles. The van der Waals surface area contributed by atoms with Crippen LogP contribution in [-0.4, -0.2) is 99.1 Å². The predicted molar refractivity (Wildman–Crippen MR) is 172 cm³/mol. The monoisotopic (exact) mass is 628 g/mol. The Hall–Kier alpha value is -1.84. The third kappa shape index (κ3) is 34.2. The Balaban J connectivity index is -0.000000907. The second-order valence-electron chi connectivity index (χ2n) is 8.03. The highest BCUT2D eigenvalue weighted by molar-refractivity contribution is 5.86. The van der Waals surface area contributed by atoms with Crippen LogP contribution in [0.4, 0.5) is 0 Å². The molecule has 0 rings (SSSR count). The minimum absolute atomic E-state index is 0. The van der Waals surface area contributed by atoms with Crippen molar-refractivity contribution in [2.24, 2.45) is 65.8 Å². The summed E-state index contributed by atoms with van der Waals surface area (Å²) in [5.41, 5.74) is 43.3. The Labute approximate surface area is 252 Å². The van der Waals surface area contributed by atoms with Gasteiger partial charge in [0.05, 0.1) is 0 Å². The second kappa shape index (κ2) is 31.4. The largest absolute Gasteiger partial charge is 0.370 e. The molecule has 0 aliphatic heterocycles. The van der Waals surface area contributed by atoms with E-state index in [0.717, 1.165) is 77.8 Å². The van der Waals surface area contributed by atoms with E-state index in [0.29, 0.717) is 26.2 Å². The summed E-state index contributed by atoms with van der Waals surface area (Å²) in [6.45, 7) is 8.10. The van der Waals surface area contributed by atoms with E-state index in [1.165, 1.54) is 0 Å². The maximum absolute atomic E-state index is 5.41. The van der Waals surface area contributed by atoms with Gasteiger partial charge in [-0.1, -0.05) is 0 Å². The van der Waals surface area contributed by atoms with Crippen LogP contribution in [0, 0.1) is 0 Å². The molecule has 0 aromatic rings. The highest BCUT2D eigenvalue weighted by atomic mass is 35.5. The Morgan fingerprint density at radius 1 is 0.342 bits per heavy atom. The van der Waals surface area contributed by atoms with Gasteiger partial charge in [0, 0.05) is 26.2 Å². The molecule has 0 aromatic carbocycles. The zero-order valence-corrected chi connectivity index (χ0v) is 25.5. The summed E-state index contributed by atoms with van der Waals surface area (Å²) in [6, 6.07) is 0. The molecular weight excluding hydrogens is 578 g/mol. The quantitative estimate of drug-likeness (QED) is 0.0423. The molecule has 0 bridgehead atoms. The standard InChI is InChI=1S/C20H48N14.4ClH/c21-17(22)29-7-3-13-33(14-4-8-30-18(23)24)11-1-2-12-34(15-5-9-31-19(25)26)16-6-10-32-20(27)28;;;;/h1-16H2,(H4,21,22,29)(H4,23,24,30)(H4,25,26,31)(H4,27,28,32);4*1H. The smallest absolute Gasteiger partial charge is 0.185 e. The van der Waals surface area contributed by atoms with Crippen molar-refractivity contribution < 1.29 is 0 Å². The summed E-state index contributed by atoms with van der Waals surface area (Å²) < 4.78 is 0. The molecule has 0 fully saturated rings. The molecule has 0 unspecified atom stereocenters. The van der Waals surface area contributed by atoms with Gasteiger partial charge in [0.2, 0.25) is 0 Å². The van der Waals surface area contributed by atoms with Crippen molar-refractivity contribution in [1.29, 1.82) is 0 Å². The highest BCUT2D eigenvalue weighted by Crippen LogP contribution is 2.04. The van der Waals surface area contributed by atoms with E-state index < -0.39 is 0 Å². The van der Waals surface area contributed by atoms with Gasteiger partial charge in [-0.3, -0.25) is 20.0 Å². The first-order valence-electron chi connectivity index (χ1n) is 11.9. The van der Waals surface area contributed by atoms with E-state index in [4.69, 9.17) is 45.9 Å². The van der Waals surface area contributed by atoms with Crippen LogP contribution >= 0.6 is 49.6 Å². The number of guanidine groups is 4. The summed E-state index contributed by atoms with van der Waals surface area (Å²) in [5, 5.41) is 0. The number of nitrogens with zero attached hydrogens (tertiary/aromatic N) is 6. The minimum atomic E-state index is 0. The van der Waals surface area contributed by atoms with E-state index in [1.54, 1.807) is 0 Å². The lowest BCUT2D eigenvalue weighted by Gasteiger charge is -2.24. The summed E-state index contributed by atoms with van der Waals surface area (Å²) in [7, 11) is 0. The number of unbranched alkanes of at least 4 members (excludes halogenated alkanes) is 1. The summed E-state index contributed by atoms with van der Waals surface area (Å²) in [4.78, 5) is 21.1. The van der Waals surface area contributed by atoms with Crippen LogP contribution in [0.2, 0.25) is 0 Å². The number of hydrogen-bond donors (Lipinski definition) is 8. The van der Waals surface area contributed by atoms with Gasteiger partial charge in [-0.25, -0.2) is 0 Å². The third-order valence-corrected chi connectivity index (χ3v) is 4.91. The van der Waals surface area contributed by atoms with Gasteiger partial charge in [-0.05, 0) is 77.8 Å². The van der Waals surface area contributed by atoms with Crippen molar-refractivity contribution in [1.82, 2.24) is 9.80 Å². The molecule has 14 nitrogen and oxygen atoms in total. The average Bonchev–Trinajstić information content (AvgIpc) is 2.75. The fraction of sp³-hybridized carbons (Fsp3) is 0.800. The van der Waals surface area contributed by atoms with Gasteiger partial charge >= 0.3 is 0 Å². The third-order valence-electron chi connectivity index (χ3n) is 4.91. The number of rotatable bonds is 21. The second-order valence-corrected chi connectivity index (χ2v) is 8.03. The van der Waals surface area contributed by atoms with Crippen LogP contribution in [0.3, 0.4) is 0 Å². The molecule has 0 spiro atoms. The first kappa shape index (κ1) is 46.0. The highest BCUT2D eigenvalue weighted by Gasteiger charge is 2.08. The SMILES string of the molecule is Cl.Cl.Cl.Cl.NC(N)=NCCCN(CCCCN(CCCN=C(N)N)CCCN=C(N)N)CCCN=C(N)N. The molecule has 230 valence electrons. The minimum Gasteiger partial charge on any atom is -0.370 e. The van der Waals surface area contributed by atoms with Gasteiger partial charge in [0.25, 0.3) is 0 Å². The van der Waals surface area contributed by atoms with Crippen molar-refractivity contribution in [2.45, 2.75) is 38.5 Å². The molecule has 0 aromatic heterocycles. The fourth-order valence-corrected chi connectivity index (χ4v) is 3.35. The van der Waals surface area contributed by atoms with Gasteiger partial charge in [0.1, 0.15) is 0 Å². The molecule has 0 saturated heterocycles. The van der Waals surface area contributed by atoms with Crippen LogP contribution in [0.5, 0.6) is 0 Å². The molecule has 18 heteroatoms. The van der Waals surface area contributed by atoms with Crippen LogP contribution in [0.1, 0.15) is 38.5 Å². The lowest BCUT2D eigenvalue weighted by molar-refractivity contribution is 0.237. The molecule has 0 radical (unpaired) electrons. The van der Waals surface area contributed by atoms with Gasteiger partial charge in [0.15, 0.2) is 23.8 Å². The lowest BCUT2D eigenvalue weighted by Crippen LogP contribution is -2.31. The van der Waals surface area contributed by atoms with Crippen LogP contribution in [-0.2, 0) is 0 Å². The van der Waals surface area contributed by atoms with Crippen molar-refractivity contribution >= 4 is 73.5 Å². The molecule has 0 aliphatic rings. The van der Waals surface area contributed by atoms with E-state index in [2.05, 4.69) is 29.8 Å². The van der Waals surface area contributed by atoms with Crippen molar-refractivity contribution in [3.8, 4) is 0 Å². The van der Waals surface area contributed by atoms with E-state index in [1.807, 2.05) is 0 Å². The van der Waals surface area contributed by atoms with E-state index in [9.17, 15) is 0 Å². The van der Waals surface area contributed by atoms with E-state index in [-0.39, 0.29) is 73.5 Å². The van der Waals surface area contributed by atoms with Gasteiger partial charge in [-0.2, -0.15) is 0 Å². The number of aliphatic imine (C=N–C) groups is 4. The van der Waals surface area contributed by atoms with Gasteiger partial charge < -0.3 is 55.7 Å². The van der Waals surface area contributed by atoms with Gasteiger partial charge in [-0.15, -0.1) is 49.6 Å². The van der Waals surface area contributed by atoms with Crippen LogP contribution < -0.4 is 45.9 Å². The van der Waals surface area contributed by atoms with Crippen molar-refractivity contribution in [2.75, 3.05) is 65.4 Å². The normalized spacial score (nSPS) is 9.63. The topological polar surface area (TPSA) is 264 Å². The summed E-state index contributed by atoms with van der Waals surface area (Å²) in [5.74, 6) is 0.497. The maximum Gasteiger partial charge on any atom is 0.185 e.